The molecule has 1 aromatic rings. The maximum absolute atomic E-state index is 5.39. The number of allylic oxidation sites excluding steroid dienone is 1. The molecule has 0 saturated heterocycles. The number of aryl methyl sites for hydroxylation is 1. The van der Waals surface area contributed by atoms with Gasteiger partial charge in [-0.2, -0.15) is 0 Å². The molecule has 0 radical (unpaired) electrons. The molecule has 2 nitrogen and oxygen atoms in total. The minimum absolute atomic E-state index is 0.507. The molecule has 1 aromatic carbocycles. The minimum Gasteiger partial charge on any atom is -0.497 e. The summed E-state index contributed by atoms with van der Waals surface area (Å²) < 4.78 is 5.39. The van der Waals surface area contributed by atoms with Crippen LogP contribution in [0.1, 0.15) is 62.1 Å². The van der Waals surface area contributed by atoms with E-state index in [0.717, 1.165) is 12.3 Å². The first-order valence-electron chi connectivity index (χ1n) is 8.45. The van der Waals surface area contributed by atoms with Gasteiger partial charge in [0.05, 0.1) is 7.11 Å². The lowest BCUT2D eigenvalue weighted by atomic mass is 9.87. The highest BCUT2D eigenvalue weighted by Crippen LogP contribution is 2.32. The molecule has 0 aromatic heterocycles. The van der Waals surface area contributed by atoms with Crippen molar-refractivity contribution in [3.8, 4) is 5.75 Å². The molecule has 0 heterocycles. The zero-order valence-corrected chi connectivity index (χ0v) is 13.2. The van der Waals surface area contributed by atoms with Crippen LogP contribution in [0, 0.1) is 0 Å². The van der Waals surface area contributed by atoms with E-state index in [4.69, 9.17) is 4.74 Å². The molecule has 0 spiro atoms. The second kappa shape index (κ2) is 7.13. The molecule has 0 fully saturated rings. The molecule has 3 rings (SSSR count). The molecule has 21 heavy (non-hydrogen) atoms. The van der Waals surface area contributed by atoms with E-state index in [-0.39, 0.29) is 0 Å². The Morgan fingerprint density at radius 1 is 1.19 bits per heavy atom. The molecule has 2 heteroatoms. The molecule has 114 valence electrons. The first-order valence-corrected chi connectivity index (χ1v) is 8.45. The van der Waals surface area contributed by atoms with Crippen molar-refractivity contribution in [1.29, 1.82) is 0 Å². The largest absolute Gasteiger partial charge is 0.497 e. The van der Waals surface area contributed by atoms with E-state index in [1.54, 1.807) is 12.7 Å². The van der Waals surface area contributed by atoms with Gasteiger partial charge in [-0.25, -0.2) is 0 Å². The molecule has 0 amide bonds. The summed E-state index contributed by atoms with van der Waals surface area (Å²) in [5.74, 6) is 0.984. The van der Waals surface area contributed by atoms with Crippen LogP contribution in [0.15, 0.2) is 29.8 Å². The normalized spacial score (nSPS) is 21.6. The number of hydrogen-bond donors (Lipinski definition) is 1. The lowest BCUT2D eigenvalue weighted by Gasteiger charge is -2.27. The van der Waals surface area contributed by atoms with Crippen molar-refractivity contribution < 1.29 is 4.74 Å². The Bertz CT molecular complexity index is 506. The van der Waals surface area contributed by atoms with Gasteiger partial charge in [-0.1, -0.05) is 17.7 Å². The van der Waals surface area contributed by atoms with Crippen LogP contribution in [0.2, 0.25) is 0 Å². The van der Waals surface area contributed by atoms with Gasteiger partial charge >= 0.3 is 0 Å². The van der Waals surface area contributed by atoms with Gasteiger partial charge in [0.1, 0.15) is 5.75 Å². The number of nitrogens with one attached hydrogen (secondary N) is 1. The molecular weight excluding hydrogens is 258 g/mol. The highest BCUT2D eigenvalue weighted by Gasteiger charge is 2.20. The second-order valence-corrected chi connectivity index (χ2v) is 6.32. The molecule has 0 bridgehead atoms. The van der Waals surface area contributed by atoms with Crippen molar-refractivity contribution in [3.05, 3.63) is 41.0 Å². The molecule has 1 N–H and O–H groups in total. The first kappa shape index (κ1) is 14.6. The Labute approximate surface area is 128 Å². The Balaban J connectivity index is 1.60. The summed E-state index contributed by atoms with van der Waals surface area (Å²) >= 11 is 0. The van der Waals surface area contributed by atoms with Crippen LogP contribution in [0.4, 0.5) is 0 Å². The highest BCUT2D eigenvalue weighted by molar-refractivity contribution is 5.39. The van der Waals surface area contributed by atoms with Gasteiger partial charge in [-0.15, -0.1) is 0 Å². The van der Waals surface area contributed by atoms with Gasteiger partial charge in [0.25, 0.3) is 0 Å². The van der Waals surface area contributed by atoms with Crippen molar-refractivity contribution in [2.24, 2.45) is 0 Å². The number of ether oxygens (including phenoxy) is 1. The molecule has 1 atom stereocenters. The monoisotopic (exact) mass is 285 g/mol. The SMILES string of the molecule is COc1ccc2c(c1)C(NCCC1=CCCCC1)CCC2. The number of methoxy groups -OCH3 is 1. The average Bonchev–Trinajstić information content (AvgIpc) is 2.55. The fraction of sp³-hybridized carbons (Fsp3) is 0.579. The average molecular weight is 285 g/mol. The smallest absolute Gasteiger partial charge is 0.119 e. The van der Waals surface area contributed by atoms with Gasteiger partial charge in [0.2, 0.25) is 0 Å². The molecule has 0 saturated carbocycles. The van der Waals surface area contributed by atoms with E-state index in [9.17, 15) is 0 Å². The lowest BCUT2D eigenvalue weighted by molar-refractivity contribution is 0.409. The van der Waals surface area contributed by atoms with Gasteiger partial charge in [-0.05, 0) is 81.2 Å². The topological polar surface area (TPSA) is 21.3 Å². The van der Waals surface area contributed by atoms with Crippen LogP contribution >= 0.6 is 0 Å². The van der Waals surface area contributed by atoms with Crippen LogP contribution in [0.25, 0.3) is 0 Å². The van der Waals surface area contributed by atoms with Gasteiger partial charge in [0.15, 0.2) is 0 Å². The fourth-order valence-corrected chi connectivity index (χ4v) is 3.65. The highest BCUT2D eigenvalue weighted by atomic mass is 16.5. The first-order chi connectivity index (χ1) is 10.4. The van der Waals surface area contributed by atoms with Crippen molar-refractivity contribution >= 4 is 0 Å². The number of hydrogen-bond acceptors (Lipinski definition) is 2. The lowest BCUT2D eigenvalue weighted by Crippen LogP contribution is -2.26. The van der Waals surface area contributed by atoms with E-state index in [1.807, 2.05) is 0 Å². The summed E-state index contributed by atoms with van der Waals surface area (Å²) in [4.78, 5) is 0. The van der Waals surface area contributed by atoms with Crippen LogP contribution in [0.3, 0.4) is 0 Å². The van der Waals surface area contributed by atoms with E-state index in [1.165, 1.54) is 62.5 Å². The van der Waals surface area contributed by atoms with E-state index in [2.05, 4.69) is 29.6 Å². The standard InChI is InChI=1S/C19H27NO/c1-21-17-11-10-16-8-5-9-19(18(16)14-17)20-13-12-15-6-3-2-4-7-15/h6,10-11,14,19-20H,2-5,7-9,12-13H2,1H3. The van der Waals surface area contributed by atoms with E-state index in [0.29, 0.717) is 6.04 Å². The summed E-state index contributed by atoms with van der Waals surface area (Å²) in [5, 5.41) is 3.78. The number of rotatable bonds is 5. The third-order valence-corrected chi connectivity index (χ3v) is 4.89. The van der Waals surface area contributed by atoms with Gasteiger partial charge in [0, 0.05) is 6.04 Å². The number of benzene rings is 1. The summed E-state index contributed by atoms with van der Waals surface area (Å²) in [6.45, 7) is 1.10. The van der Waals surface area contributed by atoms with Crippen LogP contribution < -0.4 is 10.1 Å². The quantitative estimate of drug-likeness (QED) is 0.801. The minimum atomic E-state index is 0.507. The third kappa shape index (κ3) is 3.68. The maximum atomic E-state index is 5.39. The molecular formula is C19H27NO. The Kier molecular flexibility index (Phi) is 4.97. The molecule has 2 aliphatic carbocycles. The summed E-state index contributed by atoms with van der Waals surface area (Å²) in [6.07, 6.45) is 12.8. The Morgan fingerprint density at radius 2 is 2.14 bits per heavy atom. The summed E-state index contributed by atoms with van der Waals surface area (Å²) in [6, 6.07) is 7.07. The van der Waals surface area contributed by atoms with Crippen molar-refractivity contribution in [1.82, 2.24) is 5.32 Å². The second-order valence-electron chi connectivity index (χ2n) is 6.32. The van der Waals surface area contributed by atoms with E-state index < -0.39 is 0 Å². The Hall–Kier alpha value is -1.28. The molecule has 1 unspecified atom stereocenters. The fourth-order valence-electron chi connectivity index (χ4n) is 3.65. The zero-order valence-electron chi connectivity index (χ0n) is 13.2. The van der Waals surface area contributed by atoms with Gasteiger partial charge in [-0.3, -0.25) is 0 Å². The predicted octanol–water partition coefficient (Wildman–Crippen LogP) is 4.55. The molecule has 0 aliphatic heterocycles. The maximum Gasteiger partial charge on any atom is 0.119 e. The zero-order chi connectivity index (χ0) is 14.5. The third-order valence-electron chi connectivity index (χ3n) is 4.89. The Morgan fingerprint density at radius 3 is 2.95 bits per heavy atom. The predicted molar refractivity (Wildman–Crippen MR) is 87.8 cm³/mol. The molecule has 2 aliphatic rings. The van der Waals surface area contributed by atoms with Crippen LogP contribution in [0.5, 0.6) is 5.75 Å². The summed E-state index contributed by atoms with van der Waals surface area (Å²) in [5.41, 5.74) is 4.62. The summed E-state index contributed by atoms with van der Waals surface area (Å²) in [7, 11) is 1.75. The van der Waals surface area contributed by atoms with Crippen LogP contribution in [-0.2, 0) is 6.42 Å². The van der Waals surface area contributed by atoms with Crippen molar-refractivity contribution in [3.63, 3.8) is 0 Å². The van der Waals surface area contributed by atoms with Crippen molar-refractivity contribution in [2.75, 3.05) is 13.7 Å². The van der Waals surface area contributed by atoms with Gasteiger partial charge < -0.3 is 10.1 Å². The van der Waals surface area contributed by atoms with Crippen molar-refractivity contribution in [2.45, 2.75) is 57.4 Å². The van der Waals surface area contributed by atoms with Crippen LogP contribution in [-0.4, -0.2) is 13.7 Å². The van der Waals surface area contributed by atoms with E-state index >= 15 is 0 Å². The number of fused-ring (bicyclic) bond motifs is 1.